The van der Waals surface area contributed by atoms with Crippen molar-refractivity contribution >= 4 is 11.6 Å². The minimum atomic E-state index is -0.187. The third kappa shape index (κ3) is 5.02. The van der Waals surface area contributed by atoms with Crippen LogP contribution >= 0.6 is 0 Å². The molecule has 23 heavy (non-hydrogen) atoms. The van der Waals surface area contributed by atoms with Gasteiger partial charge in [-0.2, -0.15) is 0 Å². The SMILES string of the molecule is CCOc1ccc(NC(=O)COc2ccccc2C(C)C)cc1. The first-order chi connectivity index (χ1) is 11.1. The van der Waals surface area contributed by atoms with E-state index in [0.29, 0.717) is 12.5 Å². The minimum absolute atomic E-state index is 0.0169. The minimum Gasteiger partial charge on any atom is -0.494 e. The third-order valence-corrected chi connectivity index (χ3v) is 3.35. The highest BCUT2D eigenvalue weighted by molar-refractivity contribution is 5.91. The number of anilines is 1. The highest BCUT2D eigenvalue weighted by Crippen LogP contribution is 2.25. The zero-order valence-corrected chi connectivity index (χ0v) is 13.8. The fourth-order valence-electron chi connectivity index (χ4n) is 2.23. The van der Waals surface area contributed by atoms with Crippen molar-refractivity contribution in [2.75, 3.05) is 18.5 Å². The van der Waals surface area contributed by atoms with Crippen molar-refractivity contribution in [2.45, 2.75) is 26.7 Å². The van der Waals surface area contributed by atoms with Gasteiger partial charge in [-0.3, -0.25) is 4.79 Å². The lowest BCUT2D eigenvalue weighted by Gasteiger charge is -2.13. The summed E-state index contributed by atoms with van der Waals surface area (Å²) in [5, 5.41) is 2.81. The zero-order chi connectivity index (χ0) is 16.7. The van der Waals surface area contributed by atoms with E-state index < -0.39 is 0 Å². The molecular formula is C19H23NO3. The second-order valence-corrected chi connectivity index (χ2v) is 5.49. The highest BCUT2D eigenvalue weighted by atomic mass is 16.5. The predicted molar refractivity (Wildman–Crippen MR) is 92.3 cm³/mol. The maximum atomic E-state index is 12.0. The molecule has 0 fully saturated rings. The van der Waals surface area contributed by atoms with Gasteiger partial charge in [0.25, 0.3) is 5.91 Å². The fraction of sp³-hybridized carbons (Fsp3) is 0.316. The van der Waals surface area contributed by atoms with Crippen LogP contribution in [-0.2, 0) is 4.79 Å². The Labute approximate surface area is 137 Å². The molecule has 0 aromatic heterocycles. The van der Waals surface area contributed by atoms with Crippen LogP contribution in [-0.4, -0.2) is 19.1 Å². The number of carbonyl (C=O) groups is 1. The number of carbonyl (C=O) groups excluding carboxylic acids is 1. The predicted octanol–water partition coefficient (Wildman–Crippen LogP) is 4.23. The van der Waals surface area contributed by atoms with Crippen LogP contribution < -0.4 is 14.8 Å². The Bertz CT molecular complexity index is 635. The van der Waals surface area contributed by atoms with E-state index in [1.165, 1.54) is 0 Å². The molecule has 4 nitrogen and oxygen atoms in total. The summed E-state index contributed by atoms with van der Waals surface area (Å²) in [6.07, 6.45) is 0. The molecule has 1 N–H and O–H groups in total. The van der Waals surface area contributed by atoms with E-state index in [1.807, 2.05) is 55.5 Å². The molecule has 0 aliphatic rings. The van der Waals surface area contributed by atoms with Crippen molar-refractivity contribution in [3.8, 4) is 11.5 Å². The highest BCUT2D eigenvalue weighted by Gasteiger charge is 2.09. The monoisotopic (exact) mass is 313 g/mol. The molecule has 0 aliphatic carbocycles. The average Bonchev–Trinajstić information content (AvgIpc) is 2.55. The Kier molecular flexibility index (Phi) is 6.03. The Morgan fingerprint density at radius 2 is 1.74 bits per heavy atom. The van der Waals surface area contributed by atoms with Crippen LogP contribution in [0.25, 0.3) is 0 Å². The van der Waals surface area contributed by atoms with Gasteiger partial charge in [-0.05, 0) is 48.7 Å². The number of benzene rings is 2. The van der Waals surface area contributed by atoms with Crippen molar-refractivity contribution in [3.05, 3.63) is 54.1 Å². The van der Waals surface area contributed by atoms with Crippen LogP contribution in [0, 0.1) is 0 Å². The fourth-order valence-corrected chi connectivity index (χ4v) is 2.23. The van der Waals surface area contributed by atoms with Crippen molar-refractivity contribution in [2.24, 2.45) is 0 Å². The molecule has 0 aliphatic heterocycles. The topological polar surface area (TPSA) is 47.6 Å². The van der Waals surface area contributed by atoms with Crippen LogP contribution in [0.5, 0.6) is 11.5 Å². The number of amides is 1. The maximum Gasteiger partial charge on any atom is 0.262 e. The Morgan fingerprint density at radius 3 is 2.39 bits per heavy atom. The van der Waals surface area contributed by atoms with E-state index in [4.69, 9.17) is 9.47 Å². The van der Waals surface area contributed by atoms with Crippen LogP contribution in [0.2, 0.25) is 0 Å². The molecule has 0 heterocycles. The smallest absolute Gasteiger partial charge is 0.262 e. The molecule has 0 unspecified atom stereocenters. The summed E-state index contributed by atoms with van der Waals surface area (Å²) >= 11 is 0. The van der Waals surface area contributed by atoms with Gasteiger partial charge in [-0.25, -0.2) is 0 Å². The lowest BCUT2D eigenvalue weighted by atomic mass is 10.0. The van der Waals surface area contributed by atoms with Crippen LogP contribution in [0.4, 0.5) is 5.69 Å². The van der Waals surface area contributed by atoms with Crippen molar-refractivity contribution in [1.29, 1.82) is 0 Å². The number of para-hydroxylation sites is 1. The molecule has 0 saturated carbocycles. The first-order valence-electron chi connectivity index (χ1n) is 7.84. The van der Waals surface area contributed by atoms with E-state index in [1.54, 1.807) is 0 Å². The number of hydrogen-bond donors (Lipinski definition) is 1. The number of nitrogens with one attached hydrogen (secondary N) is 1. The van der Waals surface area contributed by atoms with E-state index >= 15 is 0 Å². The molecule has 0 saturated heterocycles. The first kappa shape index (κ1) is 16.9. The van der Waals surface area contributed by atoms with Crippen molar-refractivity contribution in [3.63, 3.8) is 0 Å². The summed E-state index contributed by atoms with van der Waals surface area (Å²) in [5.74, 6) is 1.70. The van der Waals surface area contributed by atoms with Crippen LogP contribution in [0.1, 0.15) is 32.3 Å². The molecule has 2 aromatic carbocycles. The van der Waals surface area contributed by atoms with E-state index in [0.717, 1.165) is 22.7 Å². The molecule has 2 rings (SSSR count). The summed E-state index contributed by atoms with van der Waals surface area (Å²) in [7, 11) is 0. The zero-order valence-electron chi connectivity index (χ0n) is 13.8. The molecule has 0 bridgehead atoms. The molecule has 0 radical (unpaired) electrons. The largest absolute Gasteiger partial charge is 0.494 e. The van der Waals surface area contributed by atoms with E-state index in [-0.39, 0.29) is 12.5 Å². The quantitative estimate of drug-likeness (QED) is 0.832. The third-order valence-electron chi connectivity index (χ3n) is 3.35. The number of hydrogen-bond acceptors (Lipinski definition) is 3. The standard InChI is InChI=1S/C19H23NO3/c1-4-22-16-11-9-15(10-12-16)20-19(21)13-23-18-8-6-5-7-17(18)14(2)3/h5-12,14H,4,13H2,1-3H3,(H,20,21). The lowest BCUT2D eigenvalue weighted by Crippen LogP contribution is -2.20. The van der Waals surface area contributed by atoms with E-state index in [2.05, 4.69) is 19.2 Å². The van der Waals surface area contributed by atoms with Crippen LogP contribution in [0.15, 0.2) is 48.5 Å². The summed E-state index contributed by atoms with van der Waals surface area (Å²) in [6.45, 7) is 6.73. The van der Waals surface area contributed by atoms with Gasteiger partial charge in [-0.15, -0.1) is 0 Å². The summed E-state index contributed by atoms with van der Waals surface area (Å²) in [4.78, 5) is 12.0. The van der Waals surface area contributed by atoms with Gasteiger partial charge in [0.05, 0.1) is 6.61 Å². The lowest BCUT2D eigenvalue weighted by molar-refractivity contribution is -0.118. The molecule has 0 atom stereocenters. The van der Waals surface area contributed by atoms with Gasteiger partial charge in [0, 0.05) is 5.69 Å². The van der Waals surface area contributed by atoms with Gasteiger partial charge < -0.3 is 14.8 Å². The summed E-state index contributed by atoms with van der Waals surface area (Å²) < 4.78 is 11.0. The normalized spacial score (nSPS) is 10.4. The number of ether oxygens (including phenoxy) is 2. The Morgan fingerprint density at radius 1 is 1.04 bits per heavy atom. The second-order valence-electron chi connectivity index (χ2n) is 5.49. The first-order valence-corrected chi connectivity index (χ1v) is 7.84. The van der Waals surface area contributed by atoms with Gasteiger partial charge >= 0.3 is 0 Å². The maximum absolute atomic E-state index is 12.0. The average molecular weight is 313 g/mol. The van der Waals surface area contributed by atoms with Crippen LogP contribution in [0.3, 0.4) is 0 Å². The number of rotatable bonds is 7. The van der Waals surface area contributed by atoms with Gasteiger partial charge in [0.2, 0.25) is 0 Å². The molecule has 122 valence electrons. The Hall–Kier alpha value is -2.49. The molecule has 4 heteroatoms. The molecule has 2 aromatic rings. The van der Waals surface area contributed by atoms with Gasteiger partial charge in [-0.1, -0.05) is 32.0 Å². The van der Waals surface area contributed by atoms with Crippen molar-refractivity contribution in [1.82, 2.24) is 0 Å². The van der Waals surface area contributed by atoms with E-state index in [9.17, 15) is 4.79 Å². The summed E-state index contributed by atoms with van der Waals surface area (Å²) in [5.41, 5.74) is 1.82. The molecule has 0 spiro atoms. The second kappa shape index (κ2) is 8.22. The molecule has 1 amide bonds. The summed E-state index contributed by atoms with van der Waals surface area (Å²) in [6, 6.07) is 15.1. The van der Waals surface area contributed by atoms with Gasteiger partial charge in [0.1, 0.15) is 11.5 Å². The van der Waals surface area contributed by atoms with Gasteiger partial charge in [0.15, 0.2) is 6.61 Å². The molecular weight excluding hydrogens is 290 g/mol. The van der Waals surface area contributed by atoms with Crippen molar-refractivity contribution < 1.29 is 14.3 Å². The Balaban J connectivity index is 1.90.